The van der Waals surface area contributed by atoms with Crippen LogP contribution in [0, 0.1) is 5.82 Å². The smallest absolute Gasteiger partial charge is 0.255 e. The Morgan fingerprint density at radius 3 is 2.59 bits per heavy atom. The van der Waals surface area contributed by atoms with Crippen LogP contribution >= 0.6 is 39.1 Å². The normalized spacial score (nSPS) is 10.4. The van der Waals surface area contributed by atoms with E-state index < -0.39 is 5.82 Å². The summed E-state index contributed by atoms with van der Waals surface area (Å²) < 4.78 is 19.2. The monoisotopic (exact) mass is 335 g/mol. The number of hydrogen-bond donors (Lipinski definition) is 0. The largest absolute Gasteiger partial charge is 0.436 e. The van der Waals surface area contributed by atoms with Gasteiger partial charge in [-0.2, -0.15) is 0 Å². The molecule has 2 nitrogen and oxygen atoms in total. The second-order valence-corrected chi connectivity index (χ2v) is 4.85. The highest BCUT2D eigenvalue weighted by Crippen LogP contribution is 2.30. The molecule has 0 spiro atoms. The summed E-state index contributed by atoms with van der Waals surface area (Å²) in [6, 6.07) is 5.90. The van der Waals surface area contributed by atoms with E-state index >= 15 is 0 Å². The van der Waals surface area contributed by atoms with Crippen LogP contribution < -0.4 is 4.74 Å². The van der Waals surface area contributed by atoms with Crippen LogP contribution in [0.2, 0.25) is 10.0 Å². The van der Waals surface area contributed by atoms with E-state index in [1.54, 1.807) is 12.1 Å². The first-order valence-electron chi connectivity index (χ1n) is 4.50. The number of aromatic nitrogens is 1. The van der Waals surface area contributed by atoms with Crippen molar-refractivity contribution >= 4 is 39.1 Å². The van der Waals surface area contributed by atoms with Crippen molar-refractivity contribution in [3.63, 3.8) is 0 Å². The molecule has 0 radical (unpaired) electrons. The minimum atomic E-state index is -0.564. The lowest BCUT2D eigenvalue weighted by Crippen LogP contribution is -1.91. The van der Waals surface area contributed by atoms with Crippen LogP contribution in [0.5, 0.6) is 11.6 Å². The fourth-order valence-corrected chi connectivity index (χ4v) is 1.72. The van der Waals surface area contributed by atoms with Crippen molar-refractivity contribution in [2.75, 3.05) is 0 Å². The van der Waals surface area contributed by atoms with Gasteiger partial charge in [-0.3, -0.25) is 0 Å². The first-order valence-corrected chi connectivity index (χ1v) is 6.05. The van der Waals surface area contributed by atoms with Crippen LogP contribution in [0.25, 0.3) is 0 Å². The molecule has 0 saturated heterocycles. The molecule has 1 heterocycles. The van der Waals surface area contributed by atoms with Crippen molar-refractivity contribution in [1.82, 2.24) is 4.98 Å². The lowest BCUT2D eigenvalue weighted by Gasteiger charge is -2.06. The second-order valence-electron chi connectivity index (χ2n) is 3.12. The standard InChI is InChI=1S/C11H5BrCl2FNO/c12-6-3-10(15)11(16-5-6)17-7-1-2-8(13)9(14)4-7/h1-5H. The fourth-order valence-electron chi connectivity index (χ4n) is 1.13. The molecule has 1 aromatic carbocycles. The highest BCUT2D eigenvalue weighted by molar-refractivity contribution is 9.10. The predicted molar refractivity (Wildman–Crippen MR) is 68.4 cm³/mol. The van der Waals surface area contributed by atoms with E-state index in [9.17, 15) is 4.39 Å². The van der Waals surface area contributed by atoms with Crippen LogP contribution in [-0.2, 0) is 0 Å². The van der Waals surface area contributed by atoms with Gasteiger partial charge in [-0.05, 0) is 34.1 Å². The minimum Gasteiger partial charge on any atom is -0.436 e. The van der Waals surface area contributed by atoms with Crippen molar-refractivity contribution in [2.24, 2.45) is 0 Å². The molecule has 17 heavy (non-hydrogen) atoms. The van der Waals surface area contributed by atoms with Gasteiger partial charge in [0, 0.05) is 16.7 Å². The van der Waals surface area contributed by atoms with Gasteiger partial charge < -0.3 is 4.74 Å². The van der Waals surface area contributed by atoms with Gasteiger partial charge in [0.2, 0.25) is 0 Å². The van der Waals surface area contributed by atoms with Gasteiger partial charge in [0.05, 0.1) is 10.0 Å². The third-order valence-electron chi connectivity index (χ3n) is 1.88. The first-order chi connectivity index (χ1) is 8.06. The zero-order chi connectivity index (χ0) is 12.4. The Balaban J connectivity index is 2.28. The summed E-state index contributed by atoms with van der Waals surface area (Å²) in [5.74, 6) is -0.315. The maximum Gasteiger partial charge on any atom is 0.255 e. The topological polar surface area (TPSA) is 22.1 Å². The SMILES string of the molecule is Fc1cc(Br)cnc1Oc1ccc(Cl)c(Cl)c1. The van der Waals surface area contributed by atoms with Gasteiger partial charge in [-0.1, -0.05) is 23.2 Å². The highest BCUT2D eigenvalue weighted by Gasteiger charge is 2.08. The Bertz CT molecular complexity index is 565. The predicted octanol–water partition coefficient (Wildman–Crippen LogP) is 5.08. The first kappa shape index (κ1) is 12.6. The van der Waals surface area contributed by atoms with Gasteiger partial charge >= 0.3 is 0 Å². The molecule has 0 aliphatic rings. The maximum absolute atomic E-state index is 13.4. The van der Waals surface area contributed by atoms with Gasteiger partial charge in [-0.15, -0.1) is 0 Å². The zero-order valence-electron chi connectivity index (χ0n) is 8.25. The summed E-state index contributed by atoms with van der Waals surface area (Å²) in [5, 5.41) is 0.741. The average molecular weight is 337 g/mol. The molecule has 0 unspecified atom stereocenters. The summed E-state index contributed by atoms with van der Waals surface area (Å²) in [7, 11) is 0. The highest BCUT2D eigenvalue weighted by atomic mass is 79.9. The summed E-state index contributed by atoms with van der Waals surface area (Å²) in [6.45, 7) is 0. The van der Waals surface area contributed by atoms with Gasteiger partial charge in [-0.25, -0.2) is 9.37 Å². The molecular weight excluding hydrogens is 332 g/mol. The number of benzene rings is 1. The fraction of sp³-hybridized carbons (Fsp3) is 0. The summed E-state index contributed by atoms with van der Waals surface area (Å²) in [6.07, 6.45) is 1.44. The molecule has 2 aromatic rings. The number of hydrogen-bond acceptors (Lipinski definition) is 2. The number of rotatable bonds is 2. The lowest BCUT2D eigenvalue weighted by molar-refractivity contribution is 0.422. The van der Waals surface area contributed by atoms with Crippen LogP contribution in [-0.4, -0.2) is 4.98 Å². The Morgan fingerprint density at radius 1 is 1.18 bits per heavy atom. The Hall–Kier alpha value is -0.840. The third-order valence-corrected chi connectivity index (χ3v) is 3.05. The molecule has 0 aliphatic heterocycles. The van der Waals surface area contributed by atoms with Crippen LogP contribution in [0.1, 0.15) is 0 Å². The number of ether oxygens (including phenoxy) is 1. The van der Waals surface area contributed by atoms with E-state index in [-0.39, 0.29) is 5.88 Å². The quantitative estimate of drug-likeness (QED) is 0.762. The summed E-state index contributed by atoms with van der Waals surface area (Å²) >= 11 is 14.7. The Labute approximate surface area is 115 Å². The van der Waals surface area contributed by atoms with E-state index in [0.29, 0.717) is 20.3 Å². The van der Waals surface area contributed by atoms with E-state index in [1.165, 1.54) is 18.3 Å². The Kier molecular flexibility index (Phi) is 3.86. The minimum absolute atomic E-state index is 0.119. The molecule has 88 valence electrons. The molecule has 2 rings (SSSR count). The third kappa shape index (κ3) is 3.09. The molecule has 0 fully saturated rings. The Morgan fingerprint density at radius 2 is 1.94 bits per heavy atom. The van der Waals surface area contributed by atoms with Gasteiger partial charge in [0.15, 0.2) is 5.82 Å². The molecular formula is C11H5BrCl2FNO. The van der Waals surface area contributed by atoms with Crippen LogP contribution in [0.3, 0.4) is 0 Å². The lowest BCUT2D eigenvalue weighted by atomic mass is 10.3. The number of nitrogens with zero attached hydrogens (tertiary/aromatic N) is 1. The second kappa shape index (κ2) is 5.21. The van der Waals surface area contributed by atoms with E-state index in [4.69, 9.17) is 27.9 Å². The maximum atomic E-state index is 13.4. The van der Waals surface area contributed by atoms with Crippen molar-refractivity contribution in [3.8, 4) is 11.6 Å². The van der Waals surface area contributed by atoms with Crippen molar-refractivity contribution in [3.05, 3.63) is 50.8 Å². The average Bonchev–Trinajstić information content (AvgIpc) is 2.27. The summed E-state index contributed by atoms with van der Waals surface area (Å²) in [4.78, 5) is 3.81. The van der Waals surface area contributed by atoms with E-state index in [2.05, 4.69) is 20.9 Å². The van der Waals surface area contributed by atoms with Crippen molar-refractivity contribution in [1.29, 1.82) is 0 Å². The molecule has 0 bridgehead atoms. The number of halogens is 4. The van der Waals surface area contributed by atoms with Gasteiger partial charge in [0.1, 0.15) is 5.75 Å². The molecule has 0 N–H and O–H groups in total. The van der Waals surface area contributed by atoms with Crippen molar-refractivity contribution in [2.45, 2.75) is 0 Å². The van der Waals surface area contributed by atoms with Crippen LogP contribution in [0.15, 0.2) is 34.9 Å². The summed E-state index contributed by atoms with van der Waals surface area (Å²) in [5.41, 5.74) is 0. The van der Waals surface area contributed by atoms with E-state index in [1.807, 2.05) is 0 Å². The molecule has 0 amide bonds. The van der Waals surface area contributed by atoms with E-state index in [0.717, 1.165) is 0 Å². The number of pyridine rings is 1. The van der Waals surface area contributed by atoms with Gasteiger partial charge in [0.25, 0.3) is 5.88 Å². The molecule has 0 atom stereocenters. The molecule has 0 aliphatic carbocycles. The van der Waals surface area contributed by atoms with Crippen molar-refractivity contribution < 1.29 is 9.13 Å². The molecule has 0 saturated carbocycles. The molecule has 6 heteroatoms. The zero-order valence-corrected chi connectivity index (χ0v) is 11.4. The van der Waals surface area contributed by atoms with Crippen LogP contribution in [0.4, 0.5) is 4.39 Å². The molecule has 1 aromatic heterocycles.